The molecule has 0 N–H and O–H groups in total. The highest BCUT2D eigenvalue weighted by Gasteiger charge is 2.53. The van der Waals surface area contributed by atoms with Gasteiger partial charge in [-0.1, -0.05) is 233 Å². The number of rotatable bonds is 9. The zero-order valence-corrected chi connectivity index (χ0v) is 40.6. The van der Waals surface area contributed by atoms with Gasteiger partial charge in [0.05, 0.1) is 22.1 Å². The van der Waals surface area contributed by atoms with Gasteiger partial charge < -0.3 is 13.9 Å². The summed E-state index contributed by atoms with van der Waals surface area (Å²) in [6, 6.07) is 95.1. The fraction of sp³-hybridized carbons (Fsp3) is 0.0725. The van der Waals surface area contributed by atoms with Crippen molar-refractivity contribution in [2.24, 2.45) is 0 Å². The fourth-order valence-corrected chi connectivity index (χ4v) is 11.5. The molecule has 0 atom stereocenters. The van der Waals surface area contributed by atoms with Crippen LogP contribution < -0.4 is 4.90 Å². The average molecular weight is 925 g/mol. The standard InChI is InChI=1S/C69H52N2O/c1-68(2,3)53-44-59-63(64-65(69(59,51-30-16-7-17-31-51)52-32-18-8-19-33-52)67(50-28-14-6-15-29-50)72-66(64)49-26-12-5-13-27-49)62(45-53)70(55-40-38-48(39-41-55)47-24-10-4-11-25-47)56-42-43-58-57-36-22-23-37-60(57)71(61(58)46-56)54-34-20-9-21-35-54/h4-46H,1-3H3. The third-order valence-corrected chi connectivity index (χ3v) is 14.8. The van der Waals surface area contributed by atoms with Crippen molar-refractivity contribution in [3.8, 4) is 50.6 Å². The Hall–Kier alpha value is -8.92. The number of hydrogen-bond acceptors (Lipinski definition) is 2. The highest BCUT2D eigenvalue weighted by Crippen LogP contribution is 2.65. The van der Waals surface area contributed by atoms with Crippen LogP contribution >= 0.6 is 0 Å². The van der Waals surface area contributed by atoms with E-state index in [0.29, 0.717) is 0 Å². The van der Waals surface area contributed by atoms with Crippen molar-refractivity contribution in [3.63, 3.8) is 0 Å². The summed E-state index contributed by atoms with van der Waals surface area (Å²) in [6.07, 6.45) is 0. The lowest BCUT2D eigenvalue weighted by atomic mass is 9.66. The summed E-state index contributed by atoms with van der Waals surface area (Å²) in [5, 5.41) is 2.42. The summed E-state index contributed by atoms with van der Waals surface area (Å²) in [5.41, 5.74) is 18.2. The van der Waals surface area contributed by atoms with Crippen molar-refractivity contribution in [2.45, 2.75) is 31.6 Å². The Bertz CT molecular complexity index is 3870. The van der Waals surface area contributed by atoms with Crippen molar-refractivity contribution in [3.05, 3.63) is 289 Å². The number of aromatic nitrogens is 1. The van der Waals surface area contributed by atoms with E-state index in [0.717, 1.165) is 73.2 Å². The predicted octanol–water partition coefficient (Wildman–Crippen LogP) is 18.5. The van der Waals surface area contributed by atoms with Gasteiger partial charge >= 0.3 is 0 Å². The maximum absolute atomic E-state index is 7.56. The van der Waals surface area contributed by atoms with Crippen LogP contribution in [0.4, 0.5) is 17.1 Å². The van der Waals surface area contributed by atoms with Gasteiger partial charge in [0, 0.05) is 55.7 Å². The van der Waals surface area contributed by atoms with Crippen LogP contribution in [0, 0.1) is 0 Å². The lowest BCUT2D eigenvalue weighted by molar-refractivity contribution is 0.582. The molecule has 0 spiro atoms. The third kappa shape index (κ3) is 6.87. The average Bonchev–Trinajstić information content (AvgIpc) is 4.09. The van der Waals surface area contributed by atoms with Crippen LogP contribution in [0.15, 0.2) is 265 Å². The summed E-state index contributed by atoms with van der Waals surface area (Å²) >= 11 is 0. The fourth-order valence-electron chi connectivity index (χ4n) is 11.5. The second-order valence-corrected chi connectivity index (χ2v) is 20.0. The van der Waals surface area contributed by atoms with Crippen LogP contribution in [0.1, 0.15) is 48.6 Å². The monoisotopic (exact) mass is 924 g/mol. The first-order chi connectivity index (χ1) is 35.4. The Morgan fingerprint density at radius 2 is 0.889 bits per heavy atom. The Morgan fingerprint density at radius 3 is 1.49 bits per heavy atom. The number of anilines is 3. The Labute approximate surface area is 421 Å². The Balaban J connectivity index is 1.21. The van der Waals surface area contributed by atoms with Gasteiger partial charge in [0.1, 0.15) is 11.5 Å². The first kappa shape index (κ1) is 43.1. The smallest absolute Gasteiger partial charge is 0.143 e. The Morgan fingerprint density at radius 1 is 0.403 bits per heavy atom. The number of para-hydroxylation sites is 2. The molecule has 0 saturated heterocycles. The molecular weight excluding hydrogens is 873 g/mol. The molecule has 0 radical (unpaired) electrons. The maximum atomic E-state index is 7.56. The summed E-state index contributed by atoms with van der Waals surface area (Å²) in [7, 11) is 0. The van der Waals surface area contributed by atoms with E-state index < -0.39 is 5.41 Å². The molecule has 344 valence electrons. The van der Waals surface area contributed by atoms with E-state index in [2.05, 4.69) is 291 Å². The first-order valence-electron chi connectivity index (χ1n) is 25.0. The van der Waals surface area contributed by atoms with Gasteiger partial charge in [-0.05, 0) is 87.3 Å². The van der Waals surface area contributed by atoms with Gasteiger partial charge in [-0.25, -0.2) is 0 Å². The molecule has 0 fully saturated rings. The molecule has 0 bridgehead atoms. The third-order valence-electron chi connectivity index (χ3n) is 14.8. The van der Waals surface area contributed by atoms with Crippen molar-refractivity contribution in [1.29, 1.82) is 0 Å². The SMILES string of the molecule is CC(C)(C)c1cc(N(c2ccc(-c3ccccc3)cc2)c2ccc3c4ccccc4n(-c4ccccc4)c3c2)c2c(c1)C(c1ccccc1)(c1ccccc1)c1c(-c3ccccc3)oc(-c3ccccc3)c1-2. The second kappa shape index (κ2) is 17.2. The van der Waals surface area contributed by atoms with E-state index in [4.69, 9.17) is 4.42 Å². The zero-order chi connectivity index (χ0) is 48.4. The van der Waals surface area contributed by atoms with Crippen molar-refractivity contribution >= 4 is 38.9 Å². The lowest BCUT2D eigenvalue weighted by Gasteiger charge is -2.36. The van der Waals surface area contributed by atoms with E-state index in [1.54, 1.807) is 0 Å². The number of fused-ring (bicyclic) bond motifs is 6. The molecule has 10 aromatic carbocycles. The minimum Gasteiger partial charge on any atom is -0.455 e. The zero-order valence-electron chi connectivity index (χ0n) is 40.6. The predicted molar refractivity (Wildman–Crippen MR) is 300 cm³/mol. The molecule has 1 aliphatic rings. The minimum atomic E-state index is -0.794. The largest absolute Gasteiger partial charge is 0.455 e. The Kier molecular flexibility index (Phi) is 10.3. The van der Waals surface area contributed by atoms with Gasteiger partial charge in [0.25, 0.3) is 0 Å². The van der Waals surface area contributed by atoms with Crippen LogP contribution in [0.3, 0.4) is 0 Å². The number of benzene rings is 10. The highest BCUT2D eigenvalue weighted by atomic mass is 16.3. The van der Waals surface area contributed by atoms with Crippen LogP contribution in [0.2, 0.25) is 0 Å². The molecule has 0 aliphatic heterocycles. The molecule has 2 heterocycles. The number of furan rings is 1. The van der Waals surface area contributed by atoms with E-state index in [1.165, 1.54) is 44.1 Å². The molecule has 2 aromatic heterocycles. The molecule has 0 unspecified atom stereocenters. The number of nitrogens with zero attached hydrogens (tertiary/aromatic N) is 2. The quantitative estimate of drug-likeness (QED) is 0.144. The topological polar surface area (TPSA) is 21.3 Å². The molecule has 0 amide bonds. The van der Waals surface area contributed by atoms with Crippen LogP contribution in [-0.4, -0.2) is 4.57 Å². The van der Waals surface area contributed by atoms with Gasteiger partial charge in [-0.3, -0.25) is 0 Å². The van der Waals surface area contributed by atoms with Gasteiger partial charge in [0.2, 0.25) is 0 Å². The van der Waals surface area contributed by atoms with Gasteiger partial charge in [-0.15, -0.1) is 0 Å². The lowest BCUT2D eigenvalue weighted by Crippen LogP contribution is -2.29. The molecule has 0 saturated carbocycles. The van der Waals surface area contributed by atoms with Crippen LogP contribution in [0.5, 0.6) is 0 Å². The van der Waals surface area contributed by atoms with Crippen molar-refractivity contribution in [1.82, 2.24) is 4.57 Å². The molecule has 3 heteroatoms. The first-order valence-corrected chi connectivity index (χ1v) is 25.0. The van der Waals surface area contributed by atoms with Crippen molar-refractivity contribution in [2.75, 3.05) is 4.90 Å². The summed E-state index contributed by atoms with van der Waals surface area (Å²) in [5.74, 6) is 1.72. The normalized spacial score (nSPS) is 12.8. The number of hydrogen-bond donors (Lipinski definition) is 0. The van der Waals surface area contributed by atoms with Gasteiger partial charge in [-0.2, -0.15) is 0 Å². The van der Waals surface area contributed by atoms with Crippen LogP contribution in [-0.2, 0) is 10.8 Å². The highest BCUT2D eigenvalue weighted by molar-refractivity contribution is 6.11. The van der Waals surface area contributed by atoms with E-state index in [1.807, 2.05) is 0 Å². The van der Waals surface area contributed by atoms with E-state index in [9.17, 15) is 0 Å². The molecular formula is C69H52N2O. The van der Waals surface area contributed by atoms with Gasteiger partial charge in [0.15, 0.2) is 0 Å². The molecule has 72 heavy (non-hydrogen) atoms. The molecule has 3 nitrogen and oxygen atoms in total. The second-order valence-electron chi connectivity index (χ2n) is 20.0. The maximum Gasteiger partial charge on any atom is 0.143 e. The van der Waals surface area contributed by atoms with E-state index >= 15 is 0 Å². The molecule has 13 rings (SSSR count). The minimum absolute atomic E-state index is 0.239. The van der Waals surface area contributed by atoms with Crippen molar-refractivity contribution < 1.29 is 4.42 Å². The molecule has 1 aliphatic carbocycles. The molecule has 12 aromatic rings. The van der Waals surface area contributed by atoms with E-state index in [-0.39, 0.29) is 5.41 Å². The summed E-state index contributed by atoms with van der Waals surface area (Å²) in [6.45, 7) is 7.03. The summed E-state index contributed by atoms with van der Waals surface area (Å²) < 4.78 is 9.98. The summed E-state index contributed by atoms with van der Waals surface area (Å²) in [4.78, 5) is 2.52. The van der Waals surface area contributed by atoms with Crippen LogP contribution in [0.25, 0.3) is 72.4 Å².